The molecule has 0 saturated heterocycles. The number of nitrogens with one attached hydrogen (secondary N) is 1. The SMILES string of the molecule is Cc1ccc(C)c(C(C)(NC2CCCCCC2)C(N)=O)c1. The van der Waals surface area contributed by atoms with Crippen LogP contribution in [0.15, 0.2) is 18.2 Å². The van der Waals surface area contributed by atoms with E-state index in [2.05, 4.69) is 30.4 Å². The van der Waals surface area contributed by atoms with Crippen molar-refractivity contribution in [1.29, 1.82) is 0 Å². The van der Waals surface area contributed by atoms with Crippen LogP contribution in [-0.4, -0.2) is 11.9 Å². The molecular weight excluding hydrogens is 260 g/mol. The van der Waals surface area contributed by atoms with Crippen molar-refractivity contribution in [2.75, 3.05) is 0 Å². The lowest BCUT2D eigenvalue weighted by atomic mass is 9.85. The molecule has 0 bridgehead atoms. The van der Waals surface area contributed by atoms with Crippen molar-refractivity contribution in [2.24, 2.45) is 5.73 Å². The lowest BCUT2D eigenvalue weighted by molar-refractivity contribution is -0.124. The van der Waals surface area contributed by atoms with Crippen LogP contribution in [0.5, 0.6) is 0 Å². The molecule has 2 rings (SSSR count). The van der Waals surface area contributed by atoms with Crippen LogP contribution < -0.4 is 11.1 Å². The minimum atomic E-state index is -0.787. The molecular formula is C18H28N2O. The van der Waals surface area contributed by atoms with Gasteiger partial charge in [0, 0.05) is 6.04 Å². The third-order valence-corrected chi connectivity index (χ3v) is 4.77. The molecule has 0 heterocycles. The Morgan fingerprint density at radius 1 is 1.19 bits per heavy atom. The average molecular weight is 288 g/mol. The molecule has 1 aromatic rings. The molecule has 1 aromatic carbocycles. The minimum Gasteiger partial charge on any atom is -0.368 e. The van der Waals surface area contributed by atoms with Gasteiger partial charge in [-0.2, -0.15) is 0 Å². The Morgan fingerprint density at radius 2 is 1.81 bits per heavy atom. The highest BCUT2D eigenvalue weighted by Crippen LogP contribution is 2.28. The number of carbonyl (C=O) groups is 1. The summed E-state index contributed by atoms with van der Waals surface area (Å²) < 4.78 is 0. The second-order valence-corrected chi connectivity index (χ2v) is 6.64. The Kier molecular flexibility index (Phi) is 5.04. The molecule has 3 N–H and O–H groups in total. The first-order valence-corrected chi connectivity index (χ1v) is 8.09. The van der Waals surface area contributed by atoms with E-state index in [1.807, 2.05) is 13.8 Å². The van der Waals surface area contributed by atoms with E-state index in [4.69, 9.17) is 5.73 Å². The second-order valence-electron chi connectivity index (χ2n) is 6.64. The summed E-state index contributed by atoms with van der Waals surface area (Å²) in [6.45, 7) is 6.03. The molecule has 116 valence electrons. The monoisotopic (exact) mass is 288 g/mol. The minimum absolute atomic E-state index is 0.291. The largest absolute Gasteiger partial charge is 0.368 e. The fraction of sp³-hybridized carbons (Fsp3) is 0.611. The second kappa shape index (κ2) is 6.61. The molecule has 3 nitrogen and oxygen atoms in total. The van der Waals surface area contributed by atoms with Crippen molar-refractivity contribution in [2.45, 2.75) is 70.9 Å². The lowest BCUT2D eigenvalue weighted by Gasteiger charge is -2.34. The first kappa shape index (κ1) is 16.0. The number of hydrogen-bond acceptors (Lipinski definition) is 2. The van der Waals surface area contributed by atoms with E-state index in [9.17, 15) is 4.79 Å². The molecule has 1 fully saturated rings. The van der Waals surface area contributed by atoms with Gasteiger partial charge in [0.15, 0.2) is 0 Å². The highest BCUT2D eigenvalue weighted by molar-refractivity contribution is 5.86. The maximum absolute atomic E-state index is 12.2. The number of amides is 1. The summed E-state index contributed by atoms with van der Waals surface area (Å²) in [4.78, 5) is 12.2. The van der Waals surface area contributed by atoms with E-state index in [1.165, 1.54) is 25.7 Å². The van der Waals surface area contributed by atoms with Gasteiger partial charge < -0.3 is 5.73 Å². The third-order valence-electron chi connectivity index (χ3n) is 4.77. The first-order valence-electron chi connectivity index (χ1n) is 8.09. The molecule has 1 aliphatic carbocycles. The van der Waals surface area contributed by atoms with E-state index in [1.54, 1.807) is 0 Å². The Labute approximate surface area is 128 Å². The summed E-state index contributed by atoms with van der Waals surface area (Å²) in [7, 11) is 0. The predicted octanol–water partition coefficient (Wildman–Crippen LogP) is 3.32. The standard InChI is InChI=1S/C18H28N2O/c1-13-10-11-14(2)16(12-13)18(3,17(19)21)20-15-8-6-4-5-7-9-15/h10-12,15,20H,4-9H2,1-3H3,(H2,19,21). The number of aryl methyl sites for hydroxylation is 2. The van der Waals surface area contributed by atoms with Crippen LogP contribution in [-0.2, 0) is 10.3 Å². The van der Waals surface area contributed by atoms with Crippen LogP contribution in [0, 0.1) is 13.8 Å². The summed E-state index contributed by atoms with van der Waals surface area (Å²) >= 11 is 0. The number of primary amides is 1. The van der Waals surface area contributed by atoms with Crippen molar-refractivity contribution >= 4 is 5.91 Å². The van der Waals surface area contributed by atoms with Gasteiger partial charge in [-0.3, -0.25) is 10.1 Å². The van der Waals surface area contributed by atoms with Crippen molar-refractivity contribution in [3.05, 3.63) is 34.9 Å². The normalized spacial score (nSPS) is 19.8. The quantitative estimate of drug-likeness (QED) is 0.835. The molecule has 1 aliphatic rings. The van der Waals surface area contributed by atoms with Gasteiger partial charge in [0.2, 0.25) is 5.91 Å². The van der Waals surface area contributed by atoms with Crippen LogP contribution in [0.25, 0.3) is 0 Å². The van der Waals surface area contributed by atoms with Crippen LogP contribution >= 0.6 is 0 Å². The van der Waals surface area contributed by atoms with Gasteiger partial charge >= 0.3 is 0 Å². The number of hydrogen-bond donors (Lipinski definition) is 2. The Balaban J connectivity index is 2.31. The fourth-order valence-electron chi connectivity index (χ4n) is 3.39. The van der Waals surface area contributed by atoms with Gasteiger partial charge in [-0.05, 0) is 44.7 Å². The average Bonchev–Trinajstić information content (AvgIpc) is 2.69. The fourth-order valence-corrected chi connectivity index (χ4v) is 3.39. The van der Waals surface area contributed by atoms with Gasteiger partial charge in [0.1, 0.15) is 5.54 Å². The Bertz CT molecular complexity index is 504. The molecule has 1 atom stereocenters. The van der Waals surface area contributed by atoms with Crippen LogP contribution in [0.4, 0.5) is 0 Å². The number of rotatable bonds is 4. The van der Waals surface area contributed by atoms with E-state index in [0.717, 1.165) is 29.5 Å². The summed E-state index contributed by atoms with van der Waals surface area (Å²) in [6.07, 6.45) is 7.34. The molecule has 1 unspecified atom stereocenters. The summed E-state index contributed by atoms with van der Waals surface area (Å²) in [5.74, 6) is -0.291. The smallest absolute Gasteiger partial charge is 0.242 e. The summed E-state index contributed by atoms with van der Waals surface area (Å²) in [5.41, 5.74) is 8.28. The maximum atomic E-state index is 12.2. The molecule has 3 heteroatoms. The predicted molar refractivity (Wildman–Crippen MR) is 87.1 cm³/mol. The summed E-state index contributed by atoms with van der Waals surface area (Å²) in [5, 5.41) is 3.58. The van der Waals surface area contributed by atoms with Crippen molar-refractivity contribution < 1.29 is 4.79 Å². The molecule has 0 aromatic heterocycles. The zero-order valence-corrected chi connectivity index (χ0v) is 13.5. The van der Waals surface area contributed by atoms with E-state index < -0.39 is 5.54 Å². The molecule has 21 heavy (non-hydrogen) atoms. The van der Waals surface area contributed by atoms with Gasteiger partial charge in [-0.25, -0.2) is 0 Å². The van der Waals surface area contributed by atoms with Gasteiger partial charge in [-0.15, -0.1) is 0 Å². The molecule has 1 saturated carbocycles. The third kappa shape index (κ3) is 3.65. The van der Waals surface area contributed by atoms with Crippen molar-refractivity contribution in [3.8, 4) is 0 Å². The first-order chi connectivity index (χ1) is 9.93. The van der Waals surface area contributed by atoms with Crippen molar-refractivity contribution in [1.82, 2.24) is 5.32 Å². The molecule has 0 spiro atoms. The molecule has 0 aliphatic heterocycles. The van der Waals surface area contributed by atoms with Gasteiger partial charge in [-0.1, -0.05) is 49.4 Å². The maximum Gasteiger partial charge on any atom is 0.242 e. The number of nitrogens with two attached hydrogens (primary N) is 1. The summed E-state index contributed by atoms with van der Waals surface area (Å²) in [6, 6.07) is 6.61. The highest BCUT2D eigenvalue weighted by atomic mass is 16.1. The van der Waals surface area contributed by atoms with Crippen LogP contribution in [0.1, 0.15) is 62.1 Å². The van der Waals surface area contributed by atoms with Crippen LogP contribution in [0.2, 0.25) is 0 Å². The molecule has 1 amide bonds. The zero-order valence-electron chi connectivity index (χ0n) is 13.5. The van der Waals surface area contributed by atoms with Gasteiger partial charge in [0.05, 0.1) is 0 Å². The van der Waals surface area contributed by atoms with E-state index in [0.29, 0.717) is 6.04 Å². The van der Waals surface area contributed by atoms with Gasteiger partial charge in [0.25, 0.3) is 0 Å². The van der Waals surface area contributed by atoms with E-state index >= 15 is 0 Å². The Morgan fingerprint density at radius 3 is 2.38 bits per heavy atom. The lowest BCUT2D eigenvalue weighted by Crippen LogP contribution is -2.54. The zero-order chi connectivity index (χ0) is 15.5. The number of benzene rings is 1. The number of carbonyl (C=O) groups excluding carboxylic acids is 1. The molecule has 0 radical (unpaired) electrons. The highest BCUT2D eigenvalue weighted by Gasteiger charge is 2.36. The van der Waals surface area contributed by atoms with Crippen LogP contribution in [0.3, 0.4) is 0 Å². The van der Waals surface area contributed by atoms with Crippen molar-refractivity contribution in [3.63, 3.8) is 0 Å². The Hall–Kier alpha value is -1.35. The van der Waals surface area contributed by atoms with E-state index in [-0.39, 0.29) is 5.91 Å². The topological polar surface area (TPSA) is 55.1 Å².